The van der Waals surface area contributed by atoms with Crippen molar-refractivity contribution in [2.75, 3.05) is 19.0 Å². The predicted octanol–water partition coefficient (Wildman–Crippen LogP) is -1.55. The first-order chi connectivity index (χ1) is 8.57. The van der Waals surface area contributed by atoms with Crippen LogP contribution in [0.3, 0.4) is 0 Å². The summed E-state index contributed by atoms with van der Waals surface area (Å²) in [6.45, 7) is 0.580. The Hall–Kier alpha value is -0.120. The van der Waals surface area contributed by atoms with E-state index in [1.807, 2.05) is 30.3 Å². The van der Waals surface area contributed by atoms with E-state index in [1.54, 1.807) is 0 Å². The smallest absolute Gasteiger partial charge is 0.798 e. The zero-order chi connectivity index (χ0) is 13.0. The van der Waals surface area contributed by atoms with Crippen LogP contribution < -0.4 is 34.5 Å². The Morgan fingerprint density at radius 3 is 2.53 bits per heavy atom. The first kappa shape index (κ1) is 16.9. The molecule has 0 aliphatic carbocycles. The molecule has 0 saturated carbocycles. The SMILES string of the molecule is O=C1CCCN1CP(=O)([O-])CCc1ccccc1.[Na+]. The fraction of sp³-hybridized carbons (Fsp3) is 0.462. The molecule has 98 valence electrons. The molecule has 1 atom stereocenters. The second-order valence-corrected chi connectivity index (χ2v) is 7.04. The molecule has 0 radical (unpaired) electrons. The van der Waals surface area contributed by atoms with Crippen LogP contribution in [0.4, 0.5) is 0 Å². The number of hydrogen-bond donors (Lipinski definition) is 0. The van der Waals surface area contributed by atoms with Crippen LogP contribution in [0.15, 0.2) is 30.3 Å². The molecule has 1 aliphatic rings. The van der Waals surface area contributed by atoms with Crippen molar-refractivity contribution in [3.63, 3.8) is 0 Å². The maximum atomic E-state index is 11.9. The van der Waals surface area contributed by atoms with Gasteiger partial charge in [-0.15, -0.1) is 0 Å². The molecule has 1 aliphatic heterocycles. The maximum Gasteiger partial charge on any atom is 1.00 e. The van der Waals surface area contributed by atoms with E-state index in [0.29, 0.717) is 19.4 Å². The molecule has 0 aromatic heterocycles. The molecule has 1 aromatic carbocycles. The van der Waals surface area contributed by atoms with Gasteiger partial charge in [0.1, 0.15) is 0 Å². The zero-order valence-corrected chi connectivity index (χ0v) is 14.1. The van der Waals surface area contributed by atoms with Crippen molar-refractivity contribution in [3.05, 3.63) is 35.9 Å². The van der Waals surface area contributed by atoms with E-state index in [0.717, 1.165) is 12.0 Å². The van der Waals surface area contributed by atoms with E-state index in [-0.39, 0.29) is 47.9 Å². The predicted molar refractivity (Wildman–Crippen MR) is 68.4 cm³/mol. The van der Waals surface area contributed by atoms with Crippen LogP contribution in [0.2, 0.25) is 0 Å². The van der Waals surface area contributed by atoms with E-state index >= 15 is 0 Å². The Bertz CT molecular complexity index is 466. The second-order valence-electron chi connectivity index (χ2n) is 4.68. The molecular weight excluding hydrogens is 272 g/mol. The number of carbonyl (C=O) groups is 1. The summed E-state index contributed by atoms with van der Waals surface area (Å²) in [5, 5.41) is 0. The molecule has 2 rings (SSSR count). The van der Waals surface area contributed by atoms with Gasteiger partial charge in [0.05, 0.1) is 6.29 Å². The molecule has 19 heavy (non-hydrogen) atoms. The molecule has 1 amide bonds. The molecule has 0 bridgehead atoms. The van der Waals surface area contributed by atoms with E-state index < -0.39 is 7.37 Å². The largest absolute Gasteiger partial charge is 1.00 e. The van der Waals surface area contributed by atoms with E-state index in [9.17, 15) is 14.3 Å². The van der Waals surface area contributed by atoms with Crippen LogP contribution in [-0.2, 0) is 15.8 Å². The summed E-state index contributed by atoms with van der Waals surface area (Å²) in [6, 6.07) is 9.54. The van der Waals surface area contributed by atoms with Crippen molar-refractivity contribution >= 4 is 13.3 Å². The van der Waals surface area contributed by atoms with Gasteiger partial charge >= 0.3 is 29.6 Å². The van der Waals surface area contributed by atoms with Gasteiger partial charge in [-0.3, -0.25) is 4.79 Å². The number of benzene rings is 1. The topological polar surface area (TPSA) is 60.4 Å². The summed E-state index contributed by atoms with van der Waals surface area (Å²) in [4.78, 5) is 24.8. The third-order valence-electron chi connectivity index (χ3n) is 3.14. The van der Waals surface area contributed by atoms with Crippen molar-refractivity contribution in [2.24, 2.45) is 0 Å². The van der Waals surface area contributed by atoms with Crippen LogP contribution in [-0.4, -0.2) is 29.8 Å². The minimum absolute atomic E-state index is 0. The number of rotatable bonds is 5. The Morgan fingerprint density at radius 1 is 1.26 bits per heavy atom. The van der Waals surface area contributed by atoms with E-state index in [2.05, 4.69) is 0 Å². The van der Waals surface area contributed by atoms with Gasteiger partial charge in [0.25, 0.3) is 0 Å². The first-order valence-corrected chi connectivity index (χ1v) is 8.17. The molecule has 1 fully saturated rings. The summed E-state index contributed by atoms with van der Waals surface area (Å²) in [6.07, 6.45) is 1.80. The third-order valence-corrected chi connectivity index (χ3v) is 4.82. The van der Waals surface area contributed by atoms with Gasteiger partial charge in [-0.05, 0) is 24.6 Å². The average molecular weight is 289 g/mol. The maximum absolute atomic E-state index is 11.9. The third kappa shape index (κ3) is 5.41. The number of nitrogens with zero attached hydrogens (tertiary/aromatic N) is 1. The molecule has 1 aromatic rings. The van der Waals surface area contributed by atoms with Crippen LogP contribution in [0.25, 0.3) is 0 Å². The summed E-state index contributed by atoms with van der Waals surface area (Å²) < 4.78 is 11.9. The van der Waals surface area contributed by atoms with Gasteiger partial charge in [-0.25, -0.2) is 0 Å². The Morgan fingerprint density at radius 2 is 1.95 bits per heavy atom. The molecule has 0 spiro atoms. The average Bonchev–Trinajstić information content (AvgIpc) is 2.73. The fourth-order valence-corrected chi connectivity index (χ4v) is 3.69. The number of likely N-dealkylation sites (tertiary alicyclic amines) is 1. The minimum Gasteiger partial charge on any atom is -0.798 e. The van der Waals surface area contributed by atoms with Gasteiger partial charge in [0, 0.05) is 20.3 Å². The summed E-state index contributed by atoms with van der Waals surface area (Å²) in [7, 11) is -3.49. The number of carbonyl (C=O) groups excluding carboxylic acids is 1. The molecule has 0 N–H and O–H groups in total. The van der Waals surface area contributed by atoms with Crippen LogP contribution in [0, 0.1) is 0 Å². The number of hydrogen-bond acceptors (Lipinski definition) is 3. The van der Waals surface area contributed by atoms with E-state index in [4.69, 9.17) is 0 Å². The molecule has 1 unspecified atom stereocenters. The molecular formula is C13H17NNaO3P. The van der Waals surface area contributed by atoms with E-state index in [1.165, 1.54) is 4.90 Å². The fourth-order valence-electron chi connectivity index (χ4n) is 2.13. The van der Waals surface area contributed by atoms with Gasteiger partial charge in [0.15, 0.2) is 0 Å². The molecule has 6 heteroatoms. The van der Waals surface area contributed by atoms with Crippen molar-refractivity contribution in [3.8, 4) is 0 Å². The normalized spacial score (nSPS) is 17.9. The van der Waals surface area contributed by atoms with Crippen molar-refractivity contribution < 1.29 is 43.8 Å². The Labute approximate surface area is 135 Å². The molecule has 1 heterocycles. The number of amides is 1. The molecule has 4 nitrogen and oxygen atoms in total. The zero-order valence-electron chi connectivity index (χ0n) is 11.2. The van der Waals surface area contributed by atoms with Crippen LogP contribution in [0.5, 0.6) is 0 Å². The van der Waals surface area contributed by atoms with Crippen molar-refractivity contribution in [1.29, 1.82) is 0 Å². The first-order valence-electron chi connectivity index (χ1n) is 6.18. The minimum atomic E-state index is -3.49. The summed E-state index contributed by atoms with van der Waals surface area (Å²) in [5.74, 6) is -0.0363. The van der Waals surface area contributed by atoms with Gasteiger partial charge in [-0.1, -0.05) is 30.3 Å². The van der Waals surface area contributed by atoms with Crippen molar-refractivity contribution in [1.82, 2.24) is 4.90 Å². The second kappa shape index (κ2) is 7.61. The quantitative estimate of drug-likeness (QED) is 0.487. The van der Waals surface area contributed by atoms with Crippen molar-refractivity contribution in [2.45, 2.75) is 19.3 Å². The number of aryl methyl sites for hydroxylation is 1. The van der Waals surface area contributed by atoms with Gasteiger partial charge < -0.3 is 14.4 Å². The Kier molecular flexibility index (Phi) is 6.78. The van der Waals surface area contributed by atoms with Crippen LogP contribution in [0.1, 0.15) is 18.4 Å². The van der Waals surface area contributed by atoms with Gasteiger partial charge in [-0.2, -0.15) is 0 Å². The monoisotopic (exact) mass is 289 g/mol. The molecule has 1 saturated heterocycles. The Balaban J connectivity index is 0.00000180. The standard InChI is InChI=1S/C13H18NO3P.Na/c15-13-7-4-9-14(13)11-18(16,17)10-8-12-5-2-1-3-6-12;/h1-3,5-6H,4,7-11H2,(H,16,17);/q;+1/p-1. The summed E-state index contributed by atoms with van der Waals surface area (Å²) >= 11 is 0. The van der Waals surface area contributed by atoms with Gasteiger partial charge in [0.2, 0.25) is 5.91 Å². The summed E-state index contributed by atoms with van der Waals surface area (Å²) in [5.41, 5.74) is 1.02. The van der Waals surface area contributed by atoms with Crippen LogP contribution >= 0.6 is 7.37 Å².